The van der Waals surface area contributed by atoms with Crippen LogP contribution in [-0.4, -0.2) is 31.1 Å². The fourth-order valence-electron chi connectivity index (χ4n) is 2.58. The van der Waals surface area contributed by atoms with Crippen molar-refractivity contribution in [2.45, 2.75) is 18.2 Å². The number of sulfonamides is 1. The maximum Gasteiger partial charge on any atom is 0.269 e. The molecule has 2 aromatic carbocycles. The van der Waals surface area contributed by atoms with Gasteiger partial charge in [-0.1, -0.05) is 30.3 Å². The average molecular weight is 344 g/mol. The molecule has 0 unspecified atom stereocenters. The maximum atomic E-state index is 12.4. The summed E-state index contributed by atoms with van der Waals surface area (Å²) >= 11 is 0. The highest BCUT2D eigenvalue weighted by atomic mass is 32.2. The van der Waals surface area contributed by atoms with Crippen LogP contribution in [-0.2, 0) is 14.8 Å². The van der Waals surface area contributed by atoms with Gasteiger partial charge in [-0.3, -0.25) is 9.59 Å². The summed E-state index contributed by atoms with van der Waals surface area (Å²) in [5.74, 6) is -0.933. The predicted molar refractivity (Wildman–Crippen MR) is 89.1 cm³/mol. The molecule has 0 bridgehead atoms. The molecule has 1 heterocycles. The van der Waals surface area contributed by atoms with Crippen LogP contribution in [0.5, 0.6) is 0 Å². The minimum Gasteiger partial charge on any atom is -0.326 e. The summed E-state index contributed by atoms with van der Waals surface area (Å²) in [6, 6.07) is 13.3. The quantitative estimate of drug-likeness (QED) is 0.921. The smallest absolute Gasteiger partial charge is 0.269 e. The molecule has 0 fully saturated rings. The van der Waals surface area contributed by atoms with Gasteiger partial charge in [-0.2, -0.15) is 0 Å². The van der Waals surface area contributed by atoms with Crippen molar-refractivity contribution in [2.75, 3.05) is 11.9 Å². The summed E-state index contributed by atoms with van der Waals surface area (Å²) in [4.78, 5) is 24.3. The molecule has 0 saturated heterocycles. The van der Waals surface area contributed by atoms with Gasteiger partial charge in [0.05, 0.1) is 5.56 Å². The molecular weight excluding hydrogens is 328 g/mol. The van der Waals surface area contributed by atoms with Crippen LogP contribution in [0.1, 0.15) is 22.3 Å². The Balaban J connectivity index is 1.71. The predicted octanol–water partition coefficient (Wildman–Crippen LogP) is 2.17. The summed E-state index contributed by atoms with van der Waals surface area (Å²) in [6.07, 6.45) is -0.104. The second-order valence-corrected chi connectivity index (χ2v) is 7.32. The van der Waals surface area contributed by atoms with Gasteiger partial charge in [-0.15, -0.1) is 0 Å². The summed E-state index contributed by atoms with van der Waals surface area (Å²) < 4.78 is 25.5. The van der Waals surface area contributed by atoms with Gasteiger partial charge < -0.3 is 5.32 Å². The Morgan fingerprint density at radius 1 is 1.08 bits per heavy atom. The first-order valence-corrected chi connectivity index (χ1v) is 8.87. The molecule has 0 spiro atoms. The van der Waals surface area contributed by atoms with Crippen LogP contribution >= 0.6 is 0 Å². The topological polar surface area (TPSA) is 83.6 Å². The molecule has 0 aliphatic carbocycles. The molecule has 2 aromatic rings. The highest BCUT2D eigenvalue weighted by Crippen LogP contribution is 2.29. The zero-order valence-corrected chi connectivity index (χ0v) is 13.8. The standard InChI is InChI=1S/C17H16N2O4S/c1-12-6-2-4-8-14(12)18-16(20)10-11-19-17(21)13-7-3-5-9-15(13)24(19,22)23/h2-9H,10-11H2,1H3,(H,18,20). The van der Waals surface area contributed by atoms with E-state index in [4.69, 9.17) is 0 Å². The van der Waals surface area contributed by atoms with Gasteiger partial charge in [0.2, 0.25) is 5.91 Å². The third-order valence-electron chi connectivity index (χ3n) is 3.87. The molecule has 0 aromatic heterocycles. The summed E-state index contributed by atoms with van der Waals surface area (Å²) in [5.41, 5.74) is 1.72. The number of hydrogen-bond acceptors (Lipinski definition) is 4. The van der Waals surface area contributed by atoms with E-state index in [0.717, 1.165) is 9.87 Å². The lowest BCUT2D eigenvalue weighted by molar-refractivity contribution is -0.116. The number of nitrogens with zero attached hydrogens (tertiary/aromatic N) is 1. The van der Waals surface area contributed by atoms with E-state index in [0.29, 0.717) is 5.69 Å². The van der Waals surface area contributed by atoms with E-state index in [9.17, 15) is 18.0 Å². The van der Waals surface area contributed by atoms with Crippen LogP contribution in [0.15, 0.2) is 53.4 Å². The number of carbonyl (C=O) groups excluding carboxylic acids is 2. The van der Waals surface area contributed by atoms with Crippen LogP contribution in [0.3, 0.4) is 0 Å². The van der Waals surface area contributed by atoms with Crippen molar-refractivity contribution in [1.29, 1.82) is 0 Å². The molecule has 2 amide bonds. The molecular formula is C17H16N2O4S. The number of aryl methyl sites for hydroxylation is 1. The van der Waals surface area contributed by atoms with Crippen LogP contribution in [0, 0.1) is 6.92 Å². The largest absolute Gasteiger partial charge is 0.326 e. The monoisotopic (exact) mass is 344 g/mol. The fraction of sp³-hybridized carbons (Fsp3) is 0.176. The Morgan fingerprint density at radius 3 is 2.46 bits per heavy atom. The number of amides is 2. The van der Waals surface area contributed by atoms with Crippen molar-refractivity contribution >= 4 is 27.5 Å². The van der Waals surface area contributed by atoms with Crippen molar-refractivity contribution < 1.29 is 18.0 Å². The van der Waals surface area contributed by atoms with E-state index in [1.54, 1.807) is 24.3 Å². The number of nitrogens with one attached hydrogen (secondary N) is 1. The number of benzene rings is 2. The Kier molecular flexibility index (Phi) is 4.11. The van der Waals surface area contributed by atoms with Gasteiger partial charge in [0.15, 0.2) is 0 Å². The second-order valence-electron chi connectivity index (χ2n) is 5.49. The van der Waals surface area contributed by atoms with E-state index in [-0.39, 0.29) is 29.3 Å². The Bertz CT molecular complexity index is 922. The fourth-order valence-corrected chi connectivity index (χ4v) is 4.15. The molecule has 3 rings (SSSR count). The number of hydrogen-bond donors (Lipinski definition) is 1. The Labute approximate surface area is 140 Å². The lowest BCUT2D eigenvalue weighted by Gasteiger charge is -2.15. The lowest BCUT2D eigenvalue weighted by Crippen LogP contribution is -2.33. The molecule has 1 aliphatic heterocycles. The van der Waals surface area contributed by atoms with Crippen molar-refractivity contribution in [3.05, 3.63) is 59.7 Å². The molecule has 124 valence electrons. The van der Waals surface area contributed by atoms with Crippen LogP contribution < -0.4 is 5.32 Å². The van der Waals surface area contributed by atoms with E-state index in [2.05, 4.69) is 5.32 Å². The van der Waals surface area contributed by atoms with Gasteiger partial charge >= 0.3 is 0 Å². The minimum absolute atomic E-state index is 0.00527. The van der Waals surface area contributed by atoms with Gasteiger partial charge in [0.25, 0.3) is 15.9 Å². The second kappa shape index (κ2) is 6.09. The molecule has 7 heteroatoms. The zero-order valence-electron chi connectivity index (χ0n) is 13.0. The molecule has 1 N–H and O–H groups in total. The third-order valence-corrected chi connectivity index (χ3v) is 5.71. The van der Waals surface area contributed by atoms with Crippen molar-refractivity contribution in [2.24, 2.45) is 0 Å². The van der Waals surface area contributed by atoms with Gasteiger partial charge in [0, 0.05) is 18.7 Å². The van der Waals surface area contributed by atoms with Gasteiger partial charge in [-0.25, -0.2) is 12.7 Å². The first kappa shape index (κ1) is 16.2. The van der Waals surface area contributed by atoms with E-state index >= 15 is 0 Å². The molecule has 6 nitrogen and oxygen atoms in total. The molecule has 0 saturated carbocycles. The number of carbonyl (C=O) groups is 2. The summed E-state index contributed by atoms with van der Waals surface area (Å²) in [7, 11) is -3.87. The zero-order chi connectivity index (χ0) is 17.3. The number of anilines is 1. The molecule has 0 atom stereocenters. The van der Waals surface area contributed by atoms with Crippen molar-refractivity contribution in [3.8, 4) is 0 Å². The molecule has 1 aliphatic rings. The Hall–Kier alpha value is -2.67. The van der Waals surface area contributed by atoms with E-state index < -0.39 is 15.9 Å². The Morgan fingerprint density at radius 2 is 1.75 bits per heavy atom. The van der Waals surface area contributed by atoms with Crippen molar-refractivity contribution in [3.63, 3.8) is 0 Å². The summed E-state index contributed by atoms with van der Waals surface area (Å²) in [5, 5.41) is 2.73. The summed E-state index contributed by atoms with van der Waals surface area (Å²) in [6.45, 7) is 1.67. The minimum atomic E-state index is -3.87. The lowest BCUT2D eigenvalue weighted by atomic mass is 10.2. The van der Waals surface area contributed by atoms with Crippen LogP contribution in [0.4, 0.5) is 5.69 Å². The van der Waals surface area contributed by atoms with Crippen LogP contribution in [0.2, 0.25) is 0 Å². The number of fused-ring (bicyclic) bond motifs is 1. The first-order chi connectivity index (χ1) is 11.4. The van der Waals surface area contributed by atoms with Crippen molar-refractivity contribution in [1.82, 2.24) is 4.31 Å². The normalized spacial score (nSPS) is 15.2. The average Bonchev–Trinajstić information content (AvgIpc) is 2.75. The van der Waals surface area contributed by atoms with E-state index in [1.807, 2.05) is 19.1 Å². The number of para-hydroxylation sites is 1. The maximum absolute atomic E-state index is 12.4. The molecule has 24 heavy (non-hydrogen) atoms. The highest BCUT2D eigenvalue weighted by Gasteiger charge is 2.40. The SMILES string of the molecule is Cc1ccccc1NC(=O)CCN1C(=O)c2ccccc2S1(=O)=O. The van der Waals surface area contributed by atoms with Gasteiger partial charge in [0.1, 0.15) is 4.90 Å². The molecule has 0 radical (unpaired) electrons. The van der Waals surface area contributed by atoms with Gasteiger partial charge in [-0.05, 0) is 30.7 Å². The highest BCUT2D eigenvalue weighted by molar-refractivity contribution is 7.90. The third kappa shape index (κ3) is 2.78. The first-order valence-electron chi connectivity index (χ1n) is 7.43. The van der Waals surface area contributed by atoms with Crippen LogP contribution in [0.25, 0.3) is 0 Å². The van der Waals surface area contributed by atoms with E-state index in [1.165, 1.54) is 12.1 Å². The number of rotatable bonds is 4.